The van der Waals surface area contributed by atoms with Crippen LogP contribution >= 0.6 is 27.5 Å². The quantitative estimate of drug-likeness (QED) is 0.659. The van der Waals surface area contributed by atoms with E-state index in [-0.39, 0.29) is 5.38 Å². The lowest BCUT2D eigenvalue weighted by Gasteiger charge is -2.15. The summed E-state index contributed by atoms with van der Waals surface area (Å²) in [5.41, 5.74) is 2.34. The maximum Gasteiger partial charge on any atom is 0.127 e. The molecule has 5 atom stereocenters. The van der Waals surface area contributed by atoms with Gasteiger partial charge in [0.1, 0.15) is 5.82 Å². The van der Waals surface area contributed by atoms with E-state index in [1.807, 2.05) is 6.92 Å². The third-order valence-electron chi connectivity index (χ3n) is 6.03. The van der Waals surface area contributed by atoms with Gasteiger partial charge in [-0.15, -0.1) is 11.6 Å². The van der Waals surface area contributed by atoms with Crippen LogP contribution in [-0.4, -0.2) is 9.55 Å². The number of imidazole rings is 1. The Labute approximate surface area is 138 Å². The summed E-state index contributed by atoms with van der Waals surface area (Å²) in [6.45, 7) is 2.04. The van der Waals surface area contributed by atoms with Crippen LogP contribution in [0, 0.1) is 23.7 Å². The molecule has 0 N–H and O–H groups in total. The van der Waals surface area contributed by atoms with Gasteiger partial charge in [-0.3, -0.25) is 0 Å². The minimum absolute atomic E-state index is 0.0323. The Morgan fingerprint density at radius 1 is 1.29 bits per heavy atom. The minimum Gasteiger partial charge on any atom is -0.323 e. The van der Waals surface area contributed by atoms with Crippen LogP contribution < -0.4 is 0 Å². The van der Waals surface area contributed by atoms with E-state index in [0.717, 1.165) is 39.5 Å². The molecule has 110 valence electrons. The zero-order chi connectivity index (χ0) is 14.3. The lowest BCUT2D eigenvalue weighted by Crippen LogP contribution is -2.09. The second kappa shape index (κ2) is 4.26. The molecule has 2 aromatic rings. The zero-order valence-corrected chi connectivity index (χ0v) is 14.3. The van der Waals surface area contributed by atoms with Gasteiger partial charge in [0, 0.05) is 10.5 Å². The molecule has 1 heterocycles. The first kappa shape index (κ1) is 13.0. The normalized spacial score (nSPS) is 38.0. The Morgan fingerprint density at radius 2 is 2.00 bits per heavy atom. The Kier molecular flexibility index (Phi) is 2.63. The summed E-state index contributed by atoms with van der Waals surface area (Å²) < 4.78 is 3.61. The van der Waals surface area contributed by atoms with Gasteiger partial charge >= 0.3 is 0 Å². The van der Waals surface area contributed by atoms with E-state index < -0.39 is 0 Å². The van der Waals surface area contributed by atoms with Crippen LogP contribution in [-0.2, 0) is 0 Å². The molecule has 3 aliphatic rings. The van der Waals surface area contributed by atoms with Crippen molar-refractivity contribution < 1.29 is 0 Å². The Balaban J connectivity index is 1.68. The fraction of sp³-hybridized carbons (Fsp3) is 0.588. The van der Waals surface area contributed by atoms with Crippen LogP contribution in [0.15, 0.2) is 22.7 Å². The average Bonchev–Trinajstić information content (AvgIpc) is 2.81. The predicted octanol–water partition coefficient (Wildman–Crippen LogP) is 5.32. The van der Waals surface area contributed by atoms with Crippen LogP contribution in [0.5, 0.6) is 0 Å². The van der Waals surface area contributed by atoms with Gasteiger partial charge in [-0.1, -0.05) is 15.9 Å². The van der Waals surface area contributed by atoms with E-state index >= 15 is 0 Å². The molecule has 5 rings (SSSR count). The lowest BCUT2D eigenvalue weighted by molar-refractivity contribution is 0.451. The number of rotatable bonds is 2. The number of hydrogen-bond donors (Lipinski definition) is 0. The molecule has 21 heavy (non-hydrogen) atoms. The van der Waals surface area contributed by atoms with Crippen molar-refractivity contribution in [3.05, 3.63) is 28.5 Å². The second-order valence-corrected chi connectivity index (χ2v) is 8.64. The molecule has 2 bridgehead atoms. The van der Waals surface area contributed by atoms with Crippen molar-refractivity contribution in [2.24, 2.45) is 23.7 Å². The lowest BCUT2D eigenvalue weighted by atomic mass is 10.0. The maximum absolute atomic E-state index is 6.44. The molecule has 3 saturated carbocycles. The third-order valence-corrected chi connectivity index (χ3v) is 6.72. The van der Waals surface area contributed by atoms with Gasteiger partial charge in [-0.25, -0.2) is 4.98 Å². The molecule has 0 aliphatic heterocycles. The van der Waals surface area contributed by atoms with Crippen molar-refractivity contribution in [2.75, 3.05) is 0 Å². The van der Waals surface area contributed by atoms with E-state index in [9.17, 15) is 0 Å². The van der Waals surface area contributed by atoms with Gasteiger partial charge in [0.05, 0.1) is 16.4 Å². The highest BCUT2D eigenvalue weighted by molar-refractivity contribution is 9.10. The fourth-order valence-electron chi connectivity index (χ4n) is 5.30. The number of aromatic nitrogens is 2. The summed E-state index contributed by atoms with van der Waals surface area (Å²) >= 11 is 10.0. The van der Waals surface area contributed by atoms with E-state index in [4.69, 9.17) is 16.6 Å². The molecule has 0 amide bonds. The molecule has 1 aromatic heterocycles. The van der Waals surface area contributed by atoms with Gasteiger partial charge in [-0.2, -0.15) is 0 Å². The van der Waals surface area contributed by atoms with E-state index in [0.29, 0.717) is 6.04 Å². The first-order chi connectivity index (χ1) is 10.1. The SMILES string of the molecule is CC(Cl)c1nc2ccc(Br)cc2n1C1C2C3CCC(C3)C21. The van der Waals surface area contributed by atoms with Gasteiger partial charge < -0.3 is 4.57 Å². The smallest absolute Gasteiger partial charge is 0.127 e. The standard InChI is InChI=1S/C17H18BrClN2/c1-8(19)17-20-12-5-4-11(18)7-13(12)21(17)16-14-9-2-3-10(6-9)15(14)16/h4-5,7-10,14-16H,2-3,6H2,1H3. The average molecular weight is 366 g/mol. The van der Waals surface area contributed by atoms with Crippen LogP contribution in [0.3, 0.4) is 0 Å². The Hall–Kier alpha value is -0.540. The molecular weight excluding hydrogens is 348 g/mol. The number of hydrogen-bond acceptors (Lipinski definition) is 1. The fourth-order valence-corrected chi connectivity index (χ4v) is 5.81. The van der Waals surface area contributed by atoms with Crippen molar-refractivity contribution in [1.29, 1.82) is 0 Å². The molecule has 0 saturated heterocycles. The van der Waals surface area contributed by atoms with Crippen molar-refractivity contribution in [1.82, 2.24) is 9.55 Å². The summed E-state index contributed by atoms with van der Waals surface area (Å²) in [4.78, 5) is 4.82. The van der Waals surface area contributed by atoms with Crippen molar-refractivity contribution in [3.63, 3.8) is 0 Å². The predicted molar refractivity (Wildman–Crippen MR) is 88.5 cm³/mol. The first-order valence-electron chi connectivity index (χ1n) is 7.96. The highest BCUT2D eigenvalue weighted by atomic mass is 79.9. The summed E-state index contributed by atoms with van der Waals surface area (Å²) in [7, 11) is 0. The van der Waals surface area contributed by atoms with Gasteiger partial charge in [0.2, 0.25) is 0 Å². The number of nitrogens with zero attached hydrogens (tertiary/aromatic N) is 2. The highest BCUT2D eigenvalue weighted by Crippen LogP contribution is 2.72. The molecule has 2 nitrogen and oxygen atoms in total. The summed E-state index contributed by atoms with van der Waals surface area (Å²) in [5.74, 6) is 4.79. The second-order valence-electron chi connectivity index (χ2n) is 7.07. The summed E-state index contributed by atoms with van der Waals surface area (Å²) in [6.07, 6.45) is 4.38. The number of halogens is 2. The molecule has 3 fully saturated rings. The first-order valence-corrected chi connectivity index (χ1v) is 9.19. The number of alkyl halides is 1. The van der Waals surface area contributed by atoms with Crippen LogP contribution in [0.1, 0.15) is 43.4 Å². The molecule has 0 radical (unpaired) electrons. The highest BCUT2D eigenvalue weighted by Gasteiger charge is 2.66. The van der Waals surface area contributed by atoms with Crippen molar-refractivity contribution in [3.8, 4) is 0 Å². The largest absolute Gasteiger partial charge is 0.323 e. The summed E-state index contributed by atoms with van der Waals surface area (Å²) in [6, 6.07) is 7.04. The number of benzene rings is 1. The van der Waals surface area contributed by atoms with E-state index in [2.05, 4.69) is 38.7 Å². The molecular formula is C17H18BrClN2. The minimum atomic E-state index is -0.0323. The third kappa shape index (κ3) is 1.68. The van der Waals surface area contributed by atoms with Crippen molar-refractivity contribution in [2.45, 2.75) is 37.6 Å². The Morgan fingerprint density at radius 3 is 2.67 bits per heavy atom. The van der Waals surface area contributed by atoms with Gasteiger partial charge in [-0.05, 0) is 68.1 Å². The van der Waals surface area contributed by atoms with Gasteiger partial charge in [0.25, 0.3) is 0 Å². The van der Waals surface area contributed by atoms with Crippen LogP contribution in [0.25, 0.3) is 11.0 Å². The topological polar surface area (TPSA) is 17.8 Å². The molecule has 5 unspecified atom stereocenters. The van der Waals surface area contributed by atoms with Crippen LogP contribution in [0.4, 0.5) is 0 Å². The monoisotopic (exact) mass is 364 g/mol. The van der Waals surface area contributed by atoms with Crippen LogP contribution in [0.2, 0.25) is 0 Å². The van der Waals surface area contributed by atoms with Gasteiger partial charge in [0.15, 0.2) is 0 Å². The Bertz CT molecular complexity index is 722. The maximum atomic E-state index is 6.44. The number of fused-ring (bicyclic) bond motifs is 6. The molecule has 3 aliphatic carbocycles. The molecule has 1 aromatic carbocycles. The summed E-state index contributed by atoms with van der Waals surface area (Å²) in [5, 5.41) is -0.0323. The van der Waals surface area contributed by atoms with Crippen molar-refractivity contribution >= 4 is 38.6 Å². The molecule has 0 spiro atoms. The van der Waals surface area contributed by atoms with E-state index in [1.165, 1.54) is 24.8 Å². The zero-order valence-electron chi connectivity index (χ0n) is 12.0. The molecule has 4 heteroatoms. The van der Waals surface area contributed by atoms with E-state index in [1.54, 1.807) is 0 Å².